The fourth-order valence-electron chi connectivity index (χ4n) is 1.44. The van der Waals surface area contributed by atoms with Crippen LogP contribution >= 0.6 is 11.3 Å². The van der Waals surface area contributed by atoms with Crippen LogP contribution in [0.15, 0.2) is 41.4 Å². The lowest BCUT2D eigenvalue weighted by Gasteiger charge is -2.16. The summed E-state index contributed by atoms with van der Waals surface area (Å²) in [5, 5.41) is 4.07. The van der Waals surface area contributed by atoms with Crippen LogP contribution in [0, 0.1) is 0 Å². The van der Waals surface area contributed by atoms with Gasteiger partial charge < -0.3 is 4.90 Å². The maximum atomic E-state index is 12.0. The molecule has 16 heavy (non-hydrogen) atoms. The number of aromatic nitrogens is 1. The summed E-state index contributed by atoms with van der Waals surface area (Å²) < 4.78 is 0. The first-order valence-corrected chi connectivity index (χ1v) is 5.88. The summed E-state index contributed by atoms with van der Waals surface area (Å²) in [5.41, 5.74) is 1.84. The molecule has 0 aliphatic carbocycles. The van der Waals surface area contributed by atoms with Gasteiger partial charge in [-0.2, -0.15) is 11.3 Å². The zero-order valence-electron chi connectivity index (χ0n) is 8.96. The summed E-state index contributed by atoms with van der Waals surface area (Å²) in [4.78, 5) is 17.6. The molecule has 3 nitrogen and oxygen atoms in total. The largest absolute Gasteiger partial charge is 0.337 e. The number of nitrogens with zero attached hydrogens (tertiary/aromatic N) is 2. The minimum Gasteiger partial charge on any atom is -0.337 e. The Balaban J connectivity index is 2.05. The van der Waals surface area contributed by atoms with Crippen molar-refractivity contribution < 1.29 is 4.79 Å². The van der Waals surface area contributed by atoms with E-state index in [1.165, 1.54) is 0 Å². The topological polar surface area (TPSA) is 33.2 Å². The van der Waals surface area contributed by atoms with Gasteiger partial charge in [-0.15, -0.1) is 0 Å². The molecule has 0 aliphatic rings. The van der Waals surface area contributed by atoms with Gasteiger partial charge >= 0.3 is 0 Å². The van der Waals surface area contributed by atoms with Crippen molar-refractivity contribution >= 4 is 17.2 Å². The van der Waals surface area contributed by atoms with Gasteiger partial charge in [0.15, 0.2) is 0 Å². The van der Waals surface area contributed by atoms with Gasteiger partial charge in [0.2, 0.25) is 0 Å². The predicted molar refractivity (Wildman–Crippen MR) is 64.4 cm³/mol. The van der Waals surface area contributed by atoms with Gasteiger partial charge in [-0.25, -0.2) is 0 Å². The third kappa shape index (κ3) is 2.46. The second kappa shape index (κ2) is 4.90. The van der Waals surface area contributed by atoms with Crippen molar-refractivity contribution in [2.75, 3.05) is 7.05 Å². The van der Waals surface area contributed by atoms with Gasteiger partial charge in [0.25, 0.3) is 5.91 Å². The van der Waals surface area contributed by atoms with Crippen LogP contribution in [0.3, 0.4) is 0 Å². The van der Waals surface area contributed by atoms with Crippen LogP contribution in [0.5, 0.6) is 0 Å². The third-order valence-corrected chi connectivity index (χ3v) is 3.01. The summed E-state index contributed by atoms with van der Waals surface area (Å²) in [6.45, 7) is 0.644. The van der Waals surface area contributed by atoms with E-state index in [1.54, 1.807) is 47.8 Å². The van der Waals surface area contributed by atoms with Gasteiger partial charge in [0.05, 0.1) is 0 Å². The molecule has 0 saturated heterocycles. The lowest BCUT2D eigenvalue weighted by molar-refractivity contribution is 0.0785. The third-order valence-electron chi connectivity index (χ3n) is 2.27. The fraction of sp³-hybridized carbons (Fsp3) is 0.167. The lowest BCUT2D eigenvalue weighted by Crippen LogP contribution is -2.25. The summed E-state index contributed by atoms with van der Waals surface area (Å²) in [5.74, 6) is 0.0219. The summed E-state index contributed by atoms with van der Waals surface area (Å²) in [7, 11) is 1.81. The second-order valence-corrected chi connectivity index (χ2v) is 4.31. The molecule has 1 amide bonds. The molecule has 0 atom stereocenters. The molecule has 2 aromatic heterocycles. The van der Waals surface area contributed by atoms with E-state index in [9.17, 15) is 4.79 Å². The molecular weight excluding hydrogens is 220 g/mol. The van der Waals surface area contributed by atoms with Gasteiger partial charge in [0, 0.05) is 31.5 Å². The summed E-state index contributed by atoms with van der Waals surface area (Å²) >= 11 is 1.64. The number of rotatable bonds is 3. The van der Waals surface area contributed by atoms with Crippen molar-refractivity contribution in [3.63, 3.8) is 0 Å². The molecule has 0 radical (unpaired) electrons. The van der Waals surface area contributed by atoms with Gasteiger partial charge in [-0.3, -0.25) is 9.78 Å². The molecule has 0 aliphatic heterocycles. The first-order chi connectivity index (χ1) is 7.77. The SMILES string of the molecule is CN(Cc1ccsc1)C(=O)c1ccncc1. The zero-order valence-corrected chi connectivity index (χ0v) is 9.78. The average Bonchev–Trinajstić information content (AvgIpc) is 2.82. The number of carbonyl (C=O) groups excluding carboxylic acids is 1. The first-order valence-electron chi connectivity index (χ1n) is 4.94. The van der Waals surface area contributed by atoms with Crippen LogP contribution < -0.4 is 0 Å². The second-order valence-electron chi connectivity index (χ2n) is 3.53. The Morgan fingerprint density at radius 3 is 2.75 bits per heavy atom. The lowest BCUT2D eigenvalue weighted by atomic mass is 10.2. The van der Waals surface area contributed by atoms with Gasteiger partial charge in [-0.1, -0.05) is 0 Å². The molecule has 0 saturated carbocycles. The smallest absolute Gasteiger partial charge is 0.254 e. The molecule has 82 valence electrons. The number of pyridine rings is 1. The number of amides is 1. The summed E-state index contributed by atoms with van der Waals surface area (Å²) in [6, 6.07) is 5.49. The molecule has 2 aromatic rings. The minimum atomic E-state index is 0.0219. The average molecular weight is 232 g/mol. The maximum absolute atomic E-state index is 12.0. The first kappa shape index (κ1) is 10.8. The number of hydrogen-bond acceptors (Lipinski definition) is 3. The Hall–Kier alpha value is -1.68. The van der Waals surface area contributed by atoms with Gasteiger partial charge in [-0.05, 0) is 34.5 Å². The van der Waals surface area contributed by atoms with E-state index in [0.29, 0.717) is 12.1 Å². The van der Waals surface area contributed by atoms with E-state index < -0.39 is 0 Å². The zero-order chi connectivity index (χ0) is 11.4. The quantitative estimate of drug-likeness (QED) is 0.814. The Morgan fingerprint density at radius 2 is 2.12 bits per heavy atom. The van der Waals surface area contributed by atoms with E-state index in [4.69, 9.17) is 0 Å². The molecular formula is C12H12N2OS. The highest BCUT2D eigenvalue weighted by Crippen LogP contribution is 2.10. The van der Waals surface area contributed by atoms with E-state index in [1.807, 2.05) is 11.4 Å². The molecule has 0 spiro atoms. The highest BCUT2D eigenvalue weighted by Gasteiger charge is 2.11. The number of carbonyl (C=O) groups is 1. The van der Waals surface area contributed by atoms with Crippen LogP contribution in [-0.4, -0.2) is 22.8 Å². The molecule has 4 heteroatoms. The standard InChI is InChI=1S/C12H12N2OS/c1-14(8-10-4-7-16-9-10)12(15)11-2-5-13-6-3-11/h2-7,9H,8H2,1H3. The van der Waals surface area contributed by atoms with Gasteiger partial charge in [0.1, 0.15) is 0 Å². The Bertz CT molecular complexity index is 453. The van der Waals surface area contributed by atoms with Crippen molar-refractivity contribution in [3.05, 3.63) is 52.5 Å². The van der Waals surface area contributed by atoms with E-state index in [0.717, 1.165) is 5.56 Å². The van der Waals surface area contributed by atoms with Crippen molar-refractivity contribution in [3.8, 4) is 0 Å². The van der Waals surface area contributed by atoms with Crippen LogP contribution in [0.25, 0.3) is 0 Å². The Morgan fingerprint density at radius 1 is 1.38 bits per heavy atom. The summed E-state index contributed by atoms with van der Waals surface area (Å²) in [6.07, 6.45) is 3.26. The molecule has 0 N–H and O–H groups in total. The van der Waals surface area contributed by atoms with Crippen molar-refractivity contribution in [1.82, 2.24) is 9.88 Å². The highest BCUT2D eigenvalue weighted by molar-refractivity contribution is 7.07. The molecule has 0 fully saturated rings. The van der Waals surface area contributed by atoms with Crippen molar-refractivity contribution in [2.45, 2.75) is 6.54 Å². The highest BCUT2D eigenvalue weighted by atomic mass is 32.1. The van der Waals surface area contributed by atoms with Crippen LogP contribution in [-0.2, 0) is 6.54 Å². The number of thiophene rings is 1. The maximum Gasteiger partial charge on any atom is 0.254 e. The molecule has 2 heterocycles. The predicted octanol–water partition coefficient (Wildman–Crippen LogP) is 2.42. The van der Waals surface area contributed by atoms with Crippen LogP contribution in [0.4, 0.5) is 0 Å². The van der Waals surface area contributed by atoms with Crippen molar-refractivity contribution in [1.29, 1.82) is 0 Å². The Labute approximate surface area is 98.4 Å². The van der Waals surface area contributed by atoms with Crippen LogP contribution in [0.1, 0.15) is 15.9 Å². The fourth-order valence-corrected chi connectivity index (χ4v) is 2.10. The van der Waals surface area contributed by atoms with E-state index >= 15 is 0 Å². The normalized spacial score (nSPS) is 10.1. The number of hydrogen-bond donors (Lipinski definition) is 0. The molecule has 0 aromatic carbocycles. The Kier molecular flexibility index (Phi) is 3.31. The van der Waals surface area contributed by atoms with E-state index in [2.05, 4.69) is 10.4 Å². The van der Waals surface area contributed by atoms with Crippen molar-refractivity contribution in [2.24, 2.45) is 0 Å². The van der Waals surface area contributed by atoms with Crippen LogP contribution in [0.2, 0.25) is 0 Å². The van der Waals surface area contributed by atoms with E-state index in [-0.39, 0.29) is 5.91 Å². The molecule has 0 unspecified atom stereocenters. The minimum absolute atomic E-state index is 0.0219. The molecule has 0 bridgehead atoms. The molecule has 2 rings (SSSR count). The monoisotopic (exact) mass is 232 g/mol.